The van der Waals surface area contributed by atoms with E-state index in [9.17, 15) is 0 Å². The normalized spacial score (nSPS) is 15.1. The van der Waals surface area contributed by atoms with Gasteiger partial charge in [-0.2, -0.15) is 0 Å². The second kappa shape index (κ2) is 4.06. The van der Waals surface area contributed by atoms with E-state index in [1.807, 2.05) is 0 Å². The molecule has 0 aromatic heterocycles. The molecule has 0 fully saturated rings. The number of hydrogen-bond donors (Lipinski definition) is 0. The molecule has 0 saturated heterocycles. The van der Waals surface area contributed by atoms with Crippen LogP contribution in [-0.4, -0.2) is 10.2 Å². The van der Waals surface area contributed by atoms with E-state index in [-0.39, 0.29) is 0 Å². The van der Waals surface area contributed by atoms with Gasteiger partial charge in [-0.25, -0.2) is 0 Å². The van der Waals surface area contributed by atoms with Crippen LogP contribution in [0.1, 0.15) is 35.6 Å². The minimum absolute atomic E-state index is 1.06. The number of aryl methyl sites for hydroxylation is 1. The van der Waals surface area contributed by atoms with Gasteiger partial charge in [0.25, 0.3) is 0 Å². The molecule has 1 aromatic carbocycles. The molecule has 1 aliphatic rings. The van der Waals surface area contributed by atoms with Crippen molar-refractivity contribution in [1.29, 1.82) is 0 Å². The van der Waals surface area contributed by atoms with E-state index in [2.05, 4.69) is 56.2 Å². The fourth-order valence-electron chi connectivity index (χ4n) is 2.26. The van der Waals surface area contributed by atoms with E-state index in [1.54, 1.807) is 0 Å². The van der Waals surface area contributed by atoms with Gasteiger partial charge in [-0.1, -0.05) is 23.4 Å². The Balaban J connectivity index is 2.64. The van der Waals surface area contributed by atoms with Gasteiger partial charge in [0.1, 0.15) is 0 Å². The lowest BCUT2D eigenvalue weighted by molar-refractivity contribution is 1.27. The van der Waals surface area contributed by atoms with E-state index in [4.69, 9.17) is 0 Å². The van der Waals surface area contributed by atoms with E-state index in [0.29, 0.717) is 0 Å². The van der Waals surface area contributed by atoms with Crippen LogP contribution in [0.25, 0.3) is 5.57 Å². The van der Waals surface area contributed by atoms with Crippen molar-refractivity contribution in [3.05, 3.63) is 46.0 Å². The highest BCUT2D eigenvalue weighted by molar-refractivity contribution is 6.36. The Morgan fingerprint density at radius 2 is 1.75 bits per heavy atom. The molecule has 81 valence electrons. The maximum atomic E-state index is 3.80. The van der Waals surface area contributed by atoms with Crippen LogP contribution in [0.15, 0.2) is 23.8 Å². The van der Waals surface area contributed by atoms with Crippen molar-refractivity contribution in [2.24, 2.45) is 0 Å². The van der Waals surface area contributed by atoms with Crippen LogP contribution in [-0.2, 0) is 0 Å². The lowest BCUT2D eigenvalue weighted by Gasteiger charge is -2.16. The largest absolute Gasteiger partial charge is 0.0798 e. The average molecular weight is 225 g/mol. The molecule has 0 saturated carbocycles. The summed E-state index contributed by atoms with van der Waals surface area (Å²) < 4.78 is 0. The number of hydrogen-bond acceptors (Lipinski definition) is 0. The summed E-state index contributed by atoms with van der Waals surface area (Å²) in [6, 6.07) is 2.30. The first-order chi connectivity index (χ1) is 7.52. The van der Waals surface area contributed by atoms with Gasteiger partial charge in [-0.05, 0) is 67.5 Å². The maximum Gasteiger partial charge on any atom is 0.0724 e. The van der Waals surface area contributed by atoms with Crippen molar-refractivity contribution in [2.75, 3.05) is 0 Å². The van der Waals surface area contributed by atoms with Crippen LogP contribution in [0, 0.1) is 20.8 Å². The molecule has 16 heavy (non-hydrogen) atoms. The third-order valence-corrected chi connectivity index (χ3v) is 4.29. The molecule has 1 aliphatic carbocycles. The van der Waals surface area contributed by atoms with E-state index < -0.39 is 0 Å². The summed E-state index contributed by atoms with van der Waals surface area (Å²) in [4.78, 5) is 0. The van der Waals surface area contributed by atoms with Gasteiger partial charge in [0, 0.05) is 0 Å². The fraction of sp³-hybridized carbons (Fsp3) is 0.333. The molecule has 0 atom stereocenters. The molecule has 3 radical (unpaired) electrons. The van der Waals surface area contributed by atoms with Crippen LogP contribution in [0.3, 0.4) is 0 Å². The first-order valence-electron chi connectivity index (χ1n) is 5.71. The minimum atomic E-state index is 1.06. The van der Waals surface area contributed by atoms with Crippen LogP contribution in [0.2, 0.25) is 0 Å². The summed E-state index contributed by atoms with van der Waals surface area (Å²) in [5, 5.41) is 1.25. The van der Waals surface area contributed by atoms with Crippen LogP contribution in [0.4, 0.5) is 0 Å². The van der Waals surface area contributed by atoms with E-state index in [1.165, 1.54) is 38.6 Å². The Bertz CT molecular complexity index is 505. The summed E-state index contributed by atoms with van der Waals surface area (Å²) >= 11 is 0. The molecular weight excluding hydrogens is 208 g/mol. The van der Waals surface area contributed by atoms with Crippen molar-refractivity contribution >= 4 is 21.0 Å². The van der Waals surface area contributed by atoms with Gasteiger partial charge < -0.3 is 0 Å². The molecule has 1 heteroatoms. The molecule has 0 unspecified atom stereocenters. The van der Waals surface area contributed by atoms with Gasteiger partial charge in [0.05, 0.1) is 10.2 Å². The summed E-state index contributed by atoms with van der Waals surface area (Å²) in [6.07, 6.45) is 5.51. The smallest absolute Gasteiger partial charge is 0.0724 e. The second-order valence-electron chi connectivity index (χ2n) is 4.63. The van der Waals surface area contributed by atoms with Crippen molar-refractivity contribution in [3.63, 3.8) is 0 Å². The molecule has 0 heterocycles. The highest BCUT2D eigenvalue weighted by atomic mass is 28.1. The summed E-state index contributed by atoms with van der Waals surface area (Å²) in [5.74, 6) is 0. The molecule has 0 N–H and O–H groups in total. The zero-order chi connectivity index (χ0) is 11.9. The molecular formula is C15H17Si. The molecule has 1 aromatic rings. The maximum absolute atomic E-state index is 3.80. The topological polar surface area (TPSA) is 0 Å². The van der Waals surface area contributed by atoms with Crippen LogP contribution in [0.5, 0.6) is 0 Å². The summed E-state index contributed by atoms with van der Waals surface area (Å²) in [5.41, 5.74) is 8.33. The predicted molar refractivity (Wildman–Crippen MR) is 72.4 cm³/mol. The third-order valence-electron chi connectivity index (χ3n) is 3.65. The number of allylic oxidation sites excluding steroid dienone is 4. The van der Waals surface area contributed by atoms with Crippen molar-refractivity contribution in [3.8, 4) is 0 Å². The second-order valence-corrected chi connectivity index (χ2v) is 5.13. The average Bonchev–Trinajstić information content (AvgIpc) is 2.67. The Morgan fingerprint density at radius 1 is 1.06 bits per heavy atom. The van der Waals surface area contributed by atoms with Crippen LogP contribution >= 0.6 is 0 Å². The molecule has 0 bridgehead atoms. The lowest BCUT2D eigenvalue weighted by Crippen LogP contribution is -2.16. The van der Waals surface area contributed by atoms with Crippen molar-refractivity contribution < 1.29 is 0 Å². The highest BCUT2D eigenvalue weighted by Crippen LogP contribution is 2.29. The third kappa shape index (κ3) is 1.69. The van der Waals surface area contributed by atoms with E-state index in [0.717, 1.165) is 6.42 Å². The summed E-state index contributed by atoms with van der Waals surface area (Å²) in [6.45, 7) is 8.75. The van der Waals surface area contributed by atoms with Gasteiger partial charge in [-0.3, -0.25) is 0 Å². The molecule has 0 aliphatic heterocycles. The first-order valence-corrected chi connectivity index (χ1v) is 6.21. The fourth-order valence-corrected chi connectivity index (χ4v) is 2.67. The van der Waals surface area contributed by atoms with Crippen molar-refractivity contribution in [1.82, 2.24) is 0 Å². The zero-order valence-electron chi connectivity index (χ0n) is 10.4. The van der Waals surface area contributed by atoms with Gasteiger partial charge in [0.2, 0.25) is 0 Å². The standard InChI is InChI=1S/C15H17Si/c1-9-6-5-7-13(9)14-8-10(2)11(3)12(4)15(14)16/h5-6,8H,7H2,1-4H3. The SMILES string of the molecule is CC1=C(c2cc(C)c(C)c(C)c2[Si])CC=C1. The lowest BCUT2D eigenvalue weighted by atomic mass is 9.94. The summed E-state index contributed by atoms with van der Waals surface area (Å²) in [7, 11) is 3.80. The first kappa shape index (κ1) is 11.4. The zero-order valence-corrected chi connectivity index (χ0v) is 11.4. The molecule has 2 rings (SSSR count). The quantitative estimate of drug-likeness (QED) is 0.644. The Hall–Kier alpha value is -1.08. The van der Waals surface area contributed by atoms with E-state index >= 15 is 0 Å². The van der Waals surface area contributed by atoms with Gasteiger partial charge in [0.15, 0.2) is 0 Å². The van der Waals surface area contributed by atoms with Gasteiger partial charge in [-0.15, -0.1) is 0 Å². The van der Waals surface area contributed by atoms with Gasteiger partial charge >= 0.3 is 0 Å². The number of rotatable bonds is 1. The van der Waals surface area contributed by atoms with Crippen molar-refractivity contribution in [2.45, 2.75) is 34.1 Å². The minimum Gasteiger partial charge on any atom is -0.0798 e. The Labute approximate surface area is 102 Å². The molecule has 0 amide bonds. The molecule has 0 nitrogen and oxygen atoms in total. The monoisotopic (exact) mass is 225 g/mol. The Kier molecular flexibility index (Phi) is 2.89. The predicted octanol–water partition coefficient (Wildman–Crippen LogP) is 3.14. The number of benzene rings is 1. The molecule has 0 spiro atoms. The Morgan fingerprint density at radius 3 is 2.31 bits per heavy atom. The van der Waals surface area contributed by atoms with Crippen LogP contribution < -0.4 is 5.19 Å². The highest BCUT2D eigenvalue weighted by Gasteiger charge is 2.13.